The van der Waals surface area contributed by atoms with Crippen LogP contribution in [-0.4, -0.2) is 50.9 Å². The van der Waals surface area contributed by atoms with Crippen LogP contribution in [0.2, 0.25) is 0 Å². The van der Waals surface area contributed by atoms with Crippen LogP contribution in [0.15, 0.2) is 29.2 Å². The van der Waals surface area contributed by atoms with E-state index in [9.17, 15) is 13.2 Å². The molecule has 0 aliphatic carbocycles. The van der Waals surface area contributed by atoms with E-state index >= 15 is 0 Å². The molecule has 2 rings (SSSR count). The van der Waals surface area contributed by atoms with Gasteiger partial charge in [0.2, 0.25) is 10.0 Å². The topological polar surface area (TPSA) is 78.5 Å². The number of benzene rings is 1. The molecule has 0 saturated carbocycles. The third kappa shape index (κ3) is 5.73. The average Bonchev–Trinajstić information content (AvgIpc) is 2.73. The molecular formula is C16H26ClN3O3S. The number of hydrogen-bond donors (Lipinski definition) is 2. The molecule has 0 bridgehead atoms. The van der Waals surface area contributed by atoms with E-state index < -0.39 is 15.6 Å². The standard InChI is InChI=1S/C16H25N3O3S.ClH/c1-16(2,3)18-23(21,22)14-7-5-13(6-8-14)15(20)19-11-4-9-17-10-12-19;/h5-8,17-18H,4,9-12H2,1-3H3;1H. The molecule has 0 atom stereocenters. The van der Waals surface area contributed by atoms with Gasteiger partial charge in [0, 0.05) is 30.7 Å². The van der Waals surface area contributed by atoms with Gasteiger partial charge < -0.3 is 10.2 Å². The Morgan fingerprint density at radius 1 is 1.12 bits per heavy atom. The minimum Gasteiger partial charge on any atom is -0.337 e. The summed E-state index contributed by atoms with van der Waals surface area (Å²) >= 11 is 0. The van der Waals surface area contributed by atoms with Crippen molar-refractivity contribution in [2.24, 2.45) is 0 Å². The molecule has 1 aromatic rings. The maximum Gasteiger partial charge on any atom is 0.253 e. The van der Waals surface area contributed by atoms with Gasteiger partial charge in [-0.3, -0.25) is 4.79 Å². The zero-order chi connectivity index (χ0) is 17.1. The summed E-state index contributed by atoms with van der Waals surface area (Å²) in [7, 11) is -3.58. The monoisotopic (exact) mass is 375 g/mol. The van der Waals surface area contributed by atoms with Crippen LogP contribution in [0.4, 0.5) is 0 Å². The van der Waals surface area contributed by atoms with Gasteiger partial charge in [-0.15, -0.1) is 12.4 Å². The van der Waals surface area contributed by atoms with E-state index in [1.54, 1.807) is 37.8 Å². The first kappa shape index (κ1) is 20.9. The smallest absolute Gasteiger partial charge is 0.253 e. The predicted octanol–water partition coefficient (Wildman–Crippen LogP) is 1.62. The molecular weight excluding hydrogens is 350 g/mol. The van der Waals surface area contributed by atoms with E-state index in [0.717, 1.165) is 26.1 Å². The number of halogens is 1. The molecule has 2 N–H and O–H groups in total. The fourth-order valence-electron chi connectivity index (χ4n) is 2.47. The van der Waals surface area contributed by atoms with Crippen molar-refractivity contribution in [3.63, 3.8) is 0 Å². The van der Waals surface area contributed by atoms with Crippen molar-refractivity contribution < 1.29 is 13.2 Å². The minimum absolute atomic E-state index is 0. The van der Waals surface area contributed by atoms with Crippen LogP contribution < -0.4 is 10.0 Å². The quantitative estimate of drug-likeness (QED) is 0.841. The second-order valence-electron chi connectivity index (χ2n) is 6.78. The Bertz CT molecular complexity index is 646. The zero-order valence-electron chi connectivity index (χ0n) is 14.3. The molecule has 1 aromatic carbocycles. The summed E-state index contributed by atoms with van der Waals surface area (Å²) in [5.74, 6) is -0.0542. The zero-order valence-corrected chi connectivity index (χ0v) is 16.0. The van der Waals surface area contributed by atoms with Crippen LogP contribution >= 0.6 is 12.4 Å². The Kier molecular flexibility index (Phi) is 7.22. The molecule has 6 nitrogen and oxygen atoms in total. The Labute approximate surface area is 150 Å². The van der Waals surface area contributed by atoms with Crippen molar-refractivity contribution in [1.29, 1.82) is 0 Å². The summed E-state index contributed by atoms with van der Waals surface area (Å²) < 4.78 is 27.1. The van der Waals surface area contributed by atoms with Gasteiger partial charge in [0.25, 0.3) is 5.91 Å². The molecule has 1 saturated heterocycles. The lowest BCUT2D eigenvalue weighted by Gasteiger charge is -2.21. The van der Waals surface area contributed by atoms with Crippen molar-refractivity contribution in [3.05, 3.63) is 29.8 Å². The molecule has 0 unspecified atom stereocenters. The van der Waals surface area contributed by atoms with Gasteiger partial charge in [-0.05, 0) is 58.0 Å². The van der Waals surface area contributed by atoms with Crippen molar-refractivity contribution >= 4 is 28.3 Å². The first-order valence-corrected chi connectivity index (χ1v) is 9.31. The molecule has 8 heteroatoms. The van der Waals surface area contributed by atoms with Crippen LogP contribution in [0.1, 0.15) is 37.6 Å². The first-order chi connectivity index (χ1) is 10.7. The van der Waals surface area contributed by atoms with Crippen molar-refractivity contribution in [3.8, 4) is 0 Å². The second-order valence-corrected chi connectivity index (χ2v) is 8.46. The average molecular weight is 376 g/mol. The molecule has 24 heavy (non-hydrogen) atoms. The SMILES string of the molecule is CC(C)(C)NS(=O)(=O)c1ccc(C(=O)N2CCCNCC2)cc1.Cl. The number of nitrogens with zero attached hydrogens (tertiary/aromatic N) is 1. The third-order valence-electron chi connectivity index (χ3n) is 3.48. The Hall–Kier alpha value is -1.15. The Morgan fingerprint density at radius 3 is 2.33 bits per heavy atom. The molecule has 1 aliphatic heterocycles. The number of carbonyl (C=O) groups is 1. The van der Waals surface area contributed by atoms with Gasteiger partial charge in [0.15, 0.2) is 0 Å². The van der Waals surface area contributed by atoms with Crippen LogP contribution in [-0.2, 0) is 10.0 Å². The highest BCUT2D eigenvalue weighted by molar-refractivity contribution is 7.89. The fraction of sp³-hybridized carbons (Fsp3) is 0.562. The number of hydrogen-bond acceptors (Lipinski definition) is 4. The van der Waals surface area contributed by atoms with Crippen molar-refractivity contribution in [2.75, 3.05) is 26.2 Å². The molecule has 1 heterocycles. The first-order valence-electron chi connectivity index (χ1n) is 7.83. The third-order valence-corrected chi connectivity index (χ3v) is 5.25. The predicted molar refractivity (Wildman–Crippen MR) is 97.2 cm³/mol. The molecule has 1 aliphatic rings. The van der Waals surface area contributed by atoms with E-state index in [-0.39, 0.29) is 23.2 Å². The lowest BCUT2D eigenvalue weighted by molar-refractivity contribution is 0.0766. The lowest BCUT2D eigenvalue weighted by Crippen LogP contribution is -2.40. The summed E-state index contributed by atoms with van der Waals surface area (Å²) in [6.45, 7) is 8.45. The van der Waals surface area contributed by atoms with Crippen LogP contribution in [0.25, 0.3) is 0 Å². The van der Waals surface area contributed by atoms with Gasteiger partial charge in [0.05, 0.1) is 4.90 Å². The summed E-state index contributed by atoms with van der Waals surface area (Å²) in [4.78, 5) is 14.4. The molecule has 1 amide bonds. The van der Waals surface area contributed by atoms with E-state index in [2.05, 4.69) is 10.0 Å². The highest BCUT2D eigenvalue weighted by Crippen LogP contribution is 2.15. The second kappa shape index (κ2) is 8.29. The summed E-state index contributed by atoms with van der Waals surface area (Å²) in [5, 5.41) is 3.25. The number of amides is 1. The summed E-state index contributed by atoms with van der Waals surface area (Å²) in [6, 6.07) is 6.13. The number of rotatable bonds is 3. The van der Waals surface area contributed by atoms with Crippen LogP contribution in [0.3, 0.4) is 0 Å². The van der Waals surface area contributed by atoms with Crippen LogP contribution in [0.5, 0.6) is 0 Å². The van der Waals surface area contributed by atoms with E-state index in [0.29, 0.717) is 12.1 Å². The number of sulfonamides is 1. The summed E-state index contributed by atoms with van der Waals surface area (Å²) in [5.41, 5.74) is -0.0339. The van der Waals surface area contributed by atoms with Crippen LogP contribution in [0, 0.1) is 0 Å². The highest BCUT2D eigenvalue weighted by Gasteiger charge is 2.23. The van der Waals surface area contributed by atoms with E-state index in [4.69, 9.17) is 0 Å². The summed E-state index contributed by atoms with van der Waals surface area (Å²) in [6.07, 6.45) is 0.924. The largest absolute Gasteiger partial charge is 0.337 e. The minimum atomic E-state index is -3.58. The van der Waals surface area contributed by atoms with Gasteiger partial charge in [-0.25, -0.2) is 13.1 Å². The highest BCUT2D eigenvalue weighted by atomic mass is 35.5. The fourth-order valence-corrected chi connectivity index (χ4v) is 3.89. The Balaban J connectivity index is 0.00000288. The number of nitrogens with one attached hydrogen (secondary N) is 2. The molecule has 0 spiro atoms. The van der Waals surface area contributed by atoms with Gasteiger partial charge in [0.1, 0.15) is 0 Å². The van der Waals surface area contributed by atoms with Gasteiger partial charge in [-0.1, -0.05) is 0 Å². The van der Waals surface area contributed by atoms with Crippen molar-refractivity contribution in [2.45, 2.75) is 37.6 Å². The van der Waals surface area contributed by atoms with Crippen molar-refractivity contribution in [1.82, 2.24) is 14.9 Å². The van der Waals surface area contributed by atoms with E-state index in [1.807, 2.05) is 0 Å². The maximum absolute atomic E-state index is 12.5. The normalized spacial score (nSPS) is 16.2. The van der Waals surface area contributed by atoms with Gasteiger partial charge >= 0.3 is 0 Å². The maximum atomic E-state index is 12.5. The lowest BCUT2D eigenvalue weighted by atomic mass is 10.1. The molecule has 0 aromatic heterocycles. The number of carbonyl (C=O) groups excluding carboxylic acids is 1. The Morgan fingerprint density at radius 2 is 1.75 bits per heavy atom. The van der Waals surface area contributed by atoms with E-state index in [1.165, 1.54) is 12.1 Å². The molecule has 136 valence electrons. The van der Waals surface area contributed by atoms with Gasteiger partial charge in [-0.2, -0.15) is 0 Å². The molecule has 1 fully saturated rings. The molecule has 0 radical (unpaired) electrons.